The number of rotatable bonds is 5. The summed E-state index contributed by atoms with van der Waals surface area (Å²) < 4.78 is 0. The minimum Gasteiger partial charge on any atom is -0.383 e. The molecule has 0 saturated carbocycles. The van der Waals surface area contributed by atoms with Crippen LogP contribution in [0, 0.1) is 0 Å². The number of pyridine rings is 3. The van der Waals surface area contributed by atoms with Crippen molar-refractivity contribution in [1.29, 1.82) is 0 Å². The Bertz CT molecular complexity index is 843. The van der Waals surface area contributed by atoms with E-state index in [1.807, 2.05) is 24.3 Å². The molecule has 0 aliphatic rings. The van der Waals surface area contributed by atoms with Crippen molar-refractivity contribution in [3.8, 4) is 11.3 Å². The molecule has 116 valence electrons. The first-order valence-corrected chi connectivity index (χ1v) is 7.59. The van der Waals surface area contributed by atoms with Crippen molar-refractivity contribution in [3.05, 3.63) is 55.1 Å². The molecule has 0 bridgehead atoms. The molecule has 0 atom stereocenters. The lowest BCUT2D eigenvalue weighted by Gasteiger charge is -2.10. The molecule has 0 amide bonds. The topological polar surface area (TPSA) is 76.7 Å². The van der Waals surface area contributed by atoms with Gasteiger partial charge in [-0.1, -0.05) is 19.9 Å². The van der Waals surface area contributed by atoms with Crippen LogP contribution < -0.4 is 11.1 Å². The maximum absolute atomic E-state index is 6.08. The van der Waals surface area contributed by atoms with Crippen LogP contribution in [0.2, 0.25) is 0 Å². The van der Waals surface area contributed by atoms with Gasteiger partial charge in [-0.15, -0.1) is 0 Å². The maximum Gasteiger partial charge on any atom is 0.133 e. The molecule has 0 radical (unpaired) electrons. The van der Waals surface area contributed by atoms with Gasteiger partial charge in [-0.3, -0.25) is 4.98 Å². The summed E-state index contributed by atoms with van der Waals surface area (Å²) in [5.74, 6) is 1.23. The number of nitrogen functional groups attached to an aromatic ring is 1. The van der Waals surface area contributed by atoms with Crippen molar-refractivity contribution in [2.75, 3.05) is 11.1 Å². The minimum absolute atomic E-state index is 0.466. The van der Waals surface area contributed by atoms with Gasteiger partial charge in [-0.2, -0.15) is 0 Å². The van der Waals surface area contributed by atoms with Crippen molar-refractivity contribution >= 4 is 22.4 Å². The Hall–Kier alpha value is -2.95. The highest BCUT2D eigenvalue weighted by molar-refractivity contribution is 5.94. The molecule has 3 aromatic heterocycles. The lowest BCUT2D eigenvalue weighted by molar-refractivity contribution is 0.911. The molecule has 0 spiro atoms. The molecule has 0 fully saturated rings. The second kappa shape index (κ2) is 6.44. The molecule has 5 heteroatoms. The standard InChI is InChI=1S/C18H19N5/c1-3-5-12(2)22-17-9-14-8-16(13-6-4-7-20-10-13)23-18(19)15(14)11-21-17/h4,6-11H,2-3,5H2,1H3,(H2,19,23)(H,21,22). The van der Waals surface area contributed by atoms with Crippen LogP contribution in [-0.2, 0) is 0 Å². The average Bonchev–Trinajstić information content (AvgIpc) is 2.55. The van der Waals surface area contributed by atoms with Gasteiger partial charge >= 0.3 is 0 Å². The molecule has 0 unspecified atom stereocenters. The normalized spacial score (nSPS) is 10.7. The van der Waals surface area contributed by atoms with Gasteiger partial charge in [0.05, 0.1) is 5.69 Å². The summed E-state index contributed by atoms with van der Waals surface area (Å²) in [7, 11) is 0. The van der Waals surface area contributed by atoms with Crippen LogP contribution in [0.3, 0.4) is 0 Å². The summed E-state index contributed by atoms with van der Waals surface area (Å²) in [6.45, 7) is 6.12. The van der Waals surface area contributed by atoms with Gasteiger partial charge in [0.25, 0.3) is 0 Å². The number of aromatic nitrogens is 3. The van der Waals surface area contributed by atoms with Gasteiger partial charge < -0.3 is 11.1 Å². The summed E-state index contributed by atoms with van der Waals surface area (Å²) in [6.07, 6.45) is 7.21. The van der Waals surface area contributed by atoms with E-state index >= 15 is 0 Å². The third kappa shape index (κ3) is 3.29. The minimum atomic E-state index is 0.466. The monoisotopic (exact) mass is 305 g/mol. The zero-order valence-electron chi connectivity index (χ0n) is 13.1. The fraction of sp³-hybridized carbons (Fsp3) is 0.167. The Morgan fingerprint density at radius 1 is 1.30 bits per heavy atom. The van der Waals surface area contributed by atoms with Crippen LogP contribution in [0.4, 0.5) is 11.6 Å². The maximum atomic E-state index is 6.08. The zero-order valence-corrected chi connectivity index (χ0v) is 13.1. The third-order valence-corrected chi connectivity index (χ3v) is 3.56. The number of nitrogens with zero attached hydrogens (tertiary/aromatic N) is 3. The Morgan fingerprint density at radius 2 is 2.17 bits per heavy atom. The van der Waals surface area contributed by atoms with E-state index in [-0.39, 0.29) is 0 Å². The first kappa shape index (κ1) is 15.0. The number of allylic oxidation sites excluding steroid dienone is 1. The molecule has 5 nitrogen and oxygen atoms in total. The quantitative estimate of drug-likeness (QED) is 0.745. The highest BCUT2D eigenvalue weighted by Crippen LogP contribution is 2.27. The number of hydrogen-bond donors (Lipinski definition) is 2. The molecule has 0 saturated heterocycles. The average molecular weight is 305 g/mol. The SMILES string of the molecule is C=C(CCC)Nc1cc2cc(-c3cccnc3)nc(N)c2cn1. The van der Waals surface area contributed by atoms with Crippen LogP contribution in [-0.4, -0.2) is 15.0 Å². The molecule has 3 heterocycles. The predicted molar refractivity (Wildman–Crippen MR) is 94.9 cm³/mol. The zero-order chi connectivity index (χ0) is 16.2. The number of nitrogens with two attached hydrogens (primary N) is 1. The van der Waals surface area contributed by atoms with E-state index in [0.29, 0.717) is 5.82 Å². The number of hydrogen-bond acceptors (Lipinski definition) is 5. The van der Waals surface area contributed by atoms with Crippen molar-refractivity contribution < 1.29 is 0 Å². The fourth-order valence-electron chi connectivity index (χ4n) is 2.45. The molecule has 0 aliphatic carbocycles. The second-order valence-electron chi connectivity index (χ2n) is 5.40. The van der Waals surface area contributed by atoms with Crippen LogP contribution in [0.25, 0.3) is 22.0 Å². The van der Waals surface area contributed by atoms with E-state index in [9.17, 15) is 0 Å². The van der Waals surface area contributed by atoms with Crippen LogP contribution >= 0.6 is 0 Å². The summed E-state index contributed by atoms with van der Waals surface area (Å²) in [6, 6.07) is 7.81. The first-order valence-electron chi connectivity index (χ1n) is 7.59. The van der Waals surface area contributed by atoms with E-state index in [1.165, 1.54) is 0 Å². The Labute approximate surface area is 135 Å². The van der Waals surface area contributed by atoms with Gasteiger partial charge in [0, 0.05) is 35.2 Å². The molecular formula is C18H19N5. The van der Waals surface area contributed by atoms with E-state index in [1.54, 1.807) is 18.6 Å². The number of fused-ring (bicyclic) bond motifs is 1. The van der Waals surface area contributed by atoms with Gasteiger partial charge in [0.1, 0.15) is 11.6 Å². The first-order chi connectivity index (χ1) is 11.2. The van der Waals surface area contributed by atoms with E-state index in [2.05, 4.69) is 33.8 Å². The van der Waals surface area contributed by atoms with E-state index < -0.39 is 0 Å². The molecule has 0 aliphatic heterocycles. The molecule has 3 aromatic rings. The van der Waals surface area contributed by atoms with Gasteiger partial charge in [-0.25, -0.2) is 9.97 Å². The van der Waals surface area contributed by atoms with Crippen molar-refractivity contribution in [2.45, 2.75) is 19.8 Å². The summed E-state index contributed by atoms with van der Waals surface area (Å²) in [5, 5.41) is 5.06. The van der Waals surface area contributed by atoms with Crippen molar-refractivity contribution in [1.82, 2.24) is 15.0 Å². The number of anilines is 2. The van der Waals surface area contributed by atoms with Crippen molar-refractivity contribution in [3.63, 3.8) is 0 Å². The largest absolute Gasteiger partial charge is 0.383 e. The molecule has 3 N–H and O–H groups in total. The summed E-state index contributed by atoms with van der Waals surface area (Å²) in [5.41, 5.74) is 8.77. The summed E-state index contributed by atoms with van der Waals surface area (Å²) in [4.78, 5) is 13.0. The molecule has 3 rings (SSSR count). The molecule has 0 aromatic carbocycles. The lowest BCUT2D eigenvalue weighted by atomic mass is 10.1. The number of nitrogens with one attached hydrogen (secondary N) is 1. The van der Waals surface area contributed by atoms with Crippen LogP contribution in [0.1, 0.15) is 19.8 Å². The smallest absolute Gasteiger partial charge is 0.133 e. The Morgan fingerprint density at radius 3 is 2.91 bits per heavy atom. The van der Waals surface area contributed by atoms with Crippen molar-refractivity contribution in [2.24, 2.45) is 0 Å². The predicted octanol–water partition coefficient (Wildman–Crippen LogP) is 4.00. The van der Waals surface area contributed by atoms with E-state index in [0.717, 1.165) is 46.4 Å². The van der Waals surface area contributed by atoms with E-state index in [4.69, 9.17) is 5.73 Å². The highest BCUT2D eigenvalue weighted by atomic mass is 15.0. The summed E-state index contributed by atoms with van der Waals surface area (Å²) >= 11 is 0. The van der Waals surface area contributed by atoms with Gasteiger partial charge in [0.2, 0.25) is 0 Å². The lowest BCUT2D eigenvalue weighted by Crippen LogP contribution is -2.01. The molecule has 23 heavy (non-hydrogen) atoms. The van der Waals surface area contributed by atoms with Crippen LogP contribution in [0.15, 0.2) is 55.1 Å². The Balaban J connectivity index is 2.02. The third-order valence-electron chi connectivity index (χ3n) is 3.56. The van der Waals surface area contributed by atoms with Crippen LogP contribution in [0.5, 0.6) is 0 Å². The van der Waals surface area contributed by atoms with Gasteiger partial charge in [-0.05, 0) is 36.1 Å². The van der Waals surface area contributed by atoms with Gasteiger partial charge in [0.15, 0.2) is 0 Å². The fourth-order valence-corrected chi connectivity index (χ4v) is 2.45. The Kier molecular flexibility index (Phi) is 4.19. The second-order valence-corrected chi connectivity index (χ2v) is 5.40. The molecular weight excluding hydrogens is 286 g/mol. The highest BCUT2D eigenvalue weighted by Gasteiger charge is 2.07.